The molecule has 3 N–H and O–H groups in total. The number of para-hydroxylation sites is 1. The van der Waals surface area contributed by atoms with Crippen molar-refractivity contribution in [2.45, 2.75) is 85.5 Å². The third-order valence-electron chi connectivity index (χ3n) is 6.83. The summed E-state index contributed by atoms with van der Waals surface area (Å²) >= 11 is 0. The zero-order chi connectivity index (χ0) is 31.2. The van der Waals surface area contributed by atoms with Gasteiger partial charge in [0.15, 0.2) is 0 Å². The van der Waals surface area contributed by atoms with E-state index in [2.05, 4.69) is 10.6 Å². The molecule has 0 bridgehead atoms. The average Bonchev–Trinajstić information content (AvgIpc) is 2.89. The fourth-order valence-corrected chi connectivity index (χ4v) is 4.76. The minimum atomic E-state index is -1.05. The SMILES string of the molecule is Cc1ccc(C)c(C(C(=O)Nc2ccccc2C)N(C(=O)C(Cc2ccc(O)cc2)NC(=O)OC(C)(C)C)C(C)C)c1. The van der Waals surface area contributed by atoms with Crippen molar-refractivity contribution in [2.24, 2.45) is 0 Å². The first-order valence-electron chi connectivity index (χ1n) is 14.2. The number of phenols is 1. The first-order valence-corrected chi connectivity index (χ1v) is 14.2. The Kier molecular flexibility index (Phi) is 10.4. The molecule has 224 valence electrons. The number of hydrogen-bond donors (Lipinski definition) is 3. The number of phenolic OH excluding ortho intramolecular Hbond substituents is 1. The zero-order valence-electron chi connectivity index (χ0n) is 25.8. The molecule has 0 saturated heterocycles. The van der Waals surface area contributed by atoms with Gasteiger partial charge in [-0.2, -0.15) is 0 Å². The Hall–Kier alpha value is -4.33. The first kappa shape index (κ1) is 32.2. The number of benzene rings is 3. The summed E-state index contributed by atoms with van der Waals surface area (Å²) in [5.41, 5.74) is 4.00. The summed E-state index contributed by atoms with van der Waals surface area (Å²) in [5.74, 6) is -0.705. The van der Waals surface area contributed by atoms with Gasteiger partial charge >= 0.3 is 6.09 Å². The number of rotatable bonds is 9. The van der Waals surface area contributed by atoms with Gasteiger partial charge in [0.05, 0.1) is 0 Å². The van der Waals surface area contributed by atoms with Gasteiger partial charge in [-0.15, -0.1) is 0 Å². The predicted molar refractivity (Wildman–Crippen MR) is 165 cm³/mol. The molecule has 0 aliphatic heterocycles. The van der Waals surface area contributed by atoms with Crippen molar-refractivity contribution < 1.29 is 24.2 Å². The lowest BCUT2D eigenvalue weighted by molar-refractivity contribution is -0.142. The predicted octanol–water partition coefficient (Wildman–Crippen LogP) is 6.37. The molecule has 8 nitrogen and oxygen atoms in total. The Bertz CT molecular complexity index is 1410. The number of aromatic hydroxyl groups is 1. The summed E-state index contributed by atoms with van der Waals surface area (Å²) in [6.45, 7) is 14.7. The van der Waals surface area contributed by atoms with Gasteiger partial charge in [0.2, 0.25) is 5.91 Å². The summed E-state index contributed by atoms with van der Waals surface area (Å²) in [5, 5.41) is 15.6. The van der Waals surface area contributed by atoms with Gasteiger partial charge in [-0.05, 0) is 95.8 Å². The number of alkyl carbamates (subject to hydrolysis) is 1. The van der Waals surface area contributed by atoms with E-state index in [0.717, 1.165) is 22.3 Å². The van der Waals surface area contributed by atoms with E-state index >= 15 is 0 Å². The van der Waals surface area contributed by atoms with Crippen LogP contribution in [0.3, 0.4) is 0 Å². The van der Waals surface area contributed by atoms with Crippen LogP contribution >= 0.6 is 0 Å². The van der Waals surface area contributed by atoms with Crippen LogP contribution in [0.1, 0.15) is 68.5 Å². The molecule has 3 rings (SSSR count). The monoisotopic (exact) mass is 573 g/mol. The van der Waals surface area contributed by atoms with Crippen LogP contribution in [0.25, 0.3) is 0 Å². The van der Waals surface area contributed by atoms with Crippen molar-refractivity contribution >= 4 is 23.6 Å². The van der Waals surface area contributed by atoms with Crippen molar-refractivity contribution in [3.05, 3.63) is 94.5 Å². The molecule has 3 aromatic carbocycles. The third kappa shape index (κ3) is 8.59. The minimum Gasteiger partial charge on any atom is -0.508 e. The molecule has 0 fully saturated rings. The van der Waals surface area contributed by atoms with Gasteiger partial charge < -0.3 is 25.4 Å². The number of carbonyl (C=O) groups is 3. The van der Waals surface area contributed by atoms with Crippen molar-refractivity contribution in [3.8, 4) is 5.75 Å². The van der Waals surface area contributed by atoms with Crippen LogP contribution in [0.15, 0.2) is 66.7 Å². The second-order valence-electron chi connectivity index (χ2n) is 12.0. The number of nitrogens with one attached hydrogen (secondary N) is 2. The number of ether oxygens (including phenoxy) is 1. The molecule has 0 heterocycles. The van der Waals surface area contributed by atoms with Crippen LogP contribution in [-0.4, -0.2) is 45.6 Å². The lowest BCUT2D eigenvalue weighted by Crippen LogP contribution is -2.55. The van der Waals surface area contributed by atoms with E-state index in [1.807, 2.05) is 77.1 Å². The third-order valence-corrected chi connectivity index (χ3v) is 6.83. The van der Waals surface area contributed by atoms with Crippen LogP contribution in [0.2, 0.25) is 0 Å². The van der Waals surface area contributed by atoms with Crippen molar-refractivity contribution in [1.29, 1.82) is 0 Å². The lowest BCUT2D eigenvalue weighted by atomic mass is 9.94. The molecule has 0 radical (unpaired) electrons. The highest BCUT2D eigenvalue weighted by Gasteiger charge is 2.38. The Morgan fingerprint density at radius 3 is 2.14 bits per heavy atom. The molecule has 0 saturated carbocycles. The topological polar surface area (TPSA) is 108 Å². The quantitative estimate of drug-likeness (QED) is 0.276. The summed E-state index contributed by atoms with van der Waals surface area (Å²) in [6.07, 6.45) is -0.614. The van der Waals surface area contributed by atoms with E-state index in [0.29, 0.717) is 11.3 Å². The molecule has 0 spiro atoms. The van der Waals surface area contributed by atoms with E-state index in [1.54, 1.807) is 32.9 Å². The second kappa shape index (κ2) is 13.6. The minimum absolute atomic E-state index is 0.0911. The van der Waals surface area contributed by atoms with E-state index in [4.69, 9.17) is 4.74 Å². The Morgan fingerprint density at radius 1 is 0.905 bits per heavy atom. The standard InChI is InChI=1S/C34H43N3O5/c1-21(2)37(32(40)29(36-33(41)42-34(6,7)8)20-25-15-17-26(38)18-16-25)30(27-19-22(3)13-14-23(27)4)31(39)35-28-12-10-9-11-24(28)5/h9-19,21,29-30,38H,20H2,1-8H3,(H,35,39)(H,36,41). The Balaban J connectivity index is 2.10. The van der Waals surface area contributed by atoms with E-state index in [9.17, 15) is 19.5 Å². The molecule has 0 aliphatic rings. The summed E-state index contributed by atoms with van der Waals surface area (Å²) in [7, 11) is 0. The number of amides is 3. The molecule has 2 atom stereocenters. The fraction of sp³-hybridized carbons (Fsp3) is 0.382. The highest BCUT2D eigenvalue weighted by Crippen LogP contribution is 2.30. The van der Waals surface area contributed by atoms with Gasteiger partial charge in [-0.25, -0.2) is 4.79 Å². The summed E-state index contributed by atoms with van der Waals surface area (Å²) in [4.78, 5) is 43.2. The molecule has 2 unspecified atom stereocenters. The highest BCUT2D eigenvalue weighted by molar-refractivity contribution is 5.99. The number of aryl methyl sites for hydroxylation is 3. The largest absolute Gasteiger partial charge is 0.508 e. The zero-order valence-corrected chi connectivity index (χ0v) is 25.8. The number of nitrogens with zero attached hydrogens (tertiary/aromatic N) is 1. The average molecular weight is 574 g/mol. The Labute approximate surface area is 249 Å². The van der Waals surface area contributed by atoms with Crippen molar-refractivity contribution in [3.63, 3.8) is 0 Å². The number of hydrogen-bond acceptors (Lipinski definition) is 5. The highest BCUT2D eigenvalue weighted by atomic mass is 16.6. The van der Waals surface area contributed by atoms with Crippen LogP contribution in [0.5, 0.6) is 5.75 Å². The Morgan fingerprint density at radius 2 is 1.55 bits per heavy atom. The van der Waals surface area contributed by atoms with Gasteiger partial charge in [0.1, 0.15) is 23.4 Å². The van der Waals surface area contributed by atoms with Gasteiger partial charge in [-0.3, -0.25) is 9.59 Å². The van der Waals surface area contributed by atoms with E-state index in [1.165, 1.54) is 17.0 Å². The van der Waals surface area contributed by atoms with Crippen LogP contribution < -0.4 is 10.6 Å². The molecule has 0 aromatic heterocycles. The number of carbonyl (C=O) groups excluding carboxylic acids is 3. The molecule has 8 heteroatoms. The maximum Gasteiger partial charge on any atom is 0.408 e. The van der Waals surface area contributed by atoms with Gasteiger partial charge in [0.25, 0.3) is 5.91 Å². The summed E-state index contributed by atoms with van der Waals surface area (Å²) in [6, 6.07) is 17.3. The maximum atomic E-state index is 14.5. The fourth-order valence-electron chi connectivity index (χ4n) is 4.76. The van der Waals surface area contributed by atoms with Gasteiger partial charge in [-0.1, -0.05) is 54.1 Å². The van der Waals surface area contributed by atoms with Crippen LogP contribution in [0, 0.1) is 20.8 Å². The normalized spacial score (nSPS) is 12.8. The van der Waals surface area contributed by atoms with Crippen LogP contribution in [0.4, 0.5) is 10.5 Å². The van der Waals surface area contributed by atoms with Gasteiger partial charge in [0, 0.05) is 18.2 Å². The molecular formula is C34H43N3O5. The molecule has 3 amide bonds. The van der Waals surface area contributed by atoms with Crippen LogP contribution in [-0.2, 0) is 20.7 Å². The summed E-state index contributed by atoms with van der Waals surface area (Å²) < 4.78 is 5.49. The lowest BCUT2D eigenvalue weighted by Gasteiger charge is -2.38. The molecule has 3 aromatic rings. The maximum absolute atomic E-state index is 14.5. The molecule has 42 heavy (non-hydrogen) atoms. The van der Waals surface area contributed by atoms with Crippen molar-refractivity contribution in [2.75, 3.05) is 5.32 Å². The molecular weight excluding hydrogens is 530 g/mol. The molecule has 0 aliphatic carbocycles. The second-order valence-corrected chi connectivity index (χ2v) is 12.0. The number of anilines is 1. The smallest absolute Gasteiger partial charge is 0.408 e. The van der Waals surface area contributed by atoms with Crippen molar-refractivity contribution in [1.82, 2.24) is 10.2 Å². The van der Waals surface area contributed by atoms with E-state index in [-0.39, 0.29) is 18.1 Å². The van der Waals surface area contributed by atoms with E-state index < -0.39 is 35.7 Å². The first-order chi connectivity index (χ1) is 19.7.